The fourth-order valence-electron chi connectivity index (χ4n) is 4.02. The molecule has 31 heavy (non-hydrogen) atoms. The van der Waals surface area contributed by atoms with E-state index in [1.54, 1.807) is 4.90 Å². The Kier molecular flexibility index (Phi) is 6.41. The number of amides is 1. The van der Waals surface area contributed by atoms with Gasteiger partial charge in [0.15, 0.2) is 0 Å². The number of carbonyl (C=O) groups excluding carboxylic acids is 1. The summed E-state index contributed by atoms with van der Waals surface area (Å²) >= 11 is 12.6. The van der Waals surface area contributed by atoms with E-state index in [1.165, 1.54) is 12.4 Å². The van der Waals surface area contributed by atoms with Crippen molar-refractivity contribution in [3.63, 3.8) is 0 Å². The van der Waals surface area contributed by atoms with Crippen LogP contribution in [0.1, 0.15) is 6.42 Å². The lowest BCUT2D eigenvalue weighted by Gasteiger charge is -2.41. The zero-order valence-electron chi connectivity index (χ0n) is 16.8. The molecule has 4 rings (SSSR count). The van der Waals surface area contributed by atoms with Crippen molar-refractivity contribution >= 4 is 45.8 Å². The van der Waals surface area contributed by atoms with Gasteiger partial charge in [0.05, 0.1) is 16.6 Å². The highest BCUT2D eigenvalue weighted by atomic mass is 35.5. The van der Waals surface area contributed by atoms with Crippen LogP contribution in [0.25, 0.3) is 22.0 Å². The van der Waals surface area contributed by atoms with Gasteiger partial charge in [0.2, 0.25) is 5.91 Å². The molecule has 0 spiro atoms. The highest BCUT2D eigenvalue weighted by molar-refractivity contribution is 6.34. The molecule has 2 aromatic carbocycles. The van der Waals surface area contributed by atoms with Crippen LogP contribution in [0.3, 0.4) is 0 Å². The van der Waals surface area contributed by atoms with Gasteiger partial charge in [-0.15, -0.1) is 0 Å². The number of aromatic nitrogens is 2. The minimum Gasteiger partial charge on any atom is -0.396 e. The molecule has 1 amide bonds. The molecule has 8 heteroatoms. The third-order valence-electron chi connectivity index (χ3n) is 5.56. The fraction of sp³-hybridized carbons (Fsp3) is 0.261. The van der Waals surface area contributed by atoms with Gasteiger partial charge in [-0.1, -0.05) is 41.9 Å². The van der Waals surface area contributed by atoms with E-state index in [1.807, 2.05) is 36.4 Å². The van der Waals surface area contributed by atoms with Gasteiger partial charge in [-0.2, -0.15) is 0 Å². The SMILES string of the molecule is C=CC(=O)N1CCN(c2ncnc3cc(Cl)c(-c4ccc(Cl)cc4)cc23)CC1CCO. The molecular formula is C23H22Cl2N4O2. The number of carbonyl (C=O) groups is 1. The van der Waals surface area contributed by atoms with E-state index in [0.717, 1.165) is 27.8 Å². The number of aliphatic hydroxyl groups excluding tert-OH is 1. The largest absolute Gasteiger partial charge is 0.396 e. The average molecular weight is 457 g/mol. The maximum Gasteiger partial charge on any atom is 0.246 e. The second kappa shape index (κ2) is 9.22. The summed E-state index contributed by atoms with van der Waals surface area (Å²) in [6.45, 7) is 5.30. The van der Waals surface area contributed by atoms with E-state index in [9.17, 15) is 9.90 Å². The molecule has 160 valence electrons. The molecule has 1 saturated heterocycles. The molecule has 0 radical (unpaired) electrons. The lowest BCUT2D eigenvalue weighted by Crippen LogP contribution is -2.55. The van der Waals surface area contributed by atoms with Gasteiger partial charge in [-0.05, 0) is 42.3 Å². The molecule has 1 fully saturated rings. The van der Waals surface area contributed by atoms with Gasteiger partial charge >= 0.3 is 0 Å². The van der Waals surface area contributed by atoms with Gasteiger partial charge in [0, 0.05) is 42.2 Å². The monoisotopic (exact) mass is 456 g/mol. The maximum atomic E-state index is 12.2. The minimum atomic E-state index is -0.127. The van der Waals surface area contributed by atoms with Crippen LogP contribution in [0.5, 0.6) is 0 Å². The van der Waals surface area contributed by atoms with Gasteiger partial charge in [0.1, 0.15) is 12.1 Å². The smallest absolute Gasteiger partial charge is 0.246 e. The molecule has 1 N–H and O–H groups in total. The zero-order valence-corrected chi connectivity index (χ0v) is 18.4. The topological polar surface area (TPSA) is 69.6 Å². The Bertz CT molecular complexity index is 1120. The molecule has 2 heterocycles. The highest BCUT2D eigenvalue weighted by Gasteiger charge is 2.30. The summed E-state index contributed by atoms with van der Waals surface area (Å²) in [4.78, 5) is 25.1. The Morgan fingerprint density at radius 1 is 1.19 bits per heavy atom. The number of anilines is 1. The molecule has 3 aromatic rings. The first-order chi connectivity index (χ1) is 15.0. The van der Waals surface area contributed by atoms with Gasteiger partial charge in [-0.3, -0.25) is 4.79 Å². The van der Waals surface area contributed by atoms with E-state index in [-0.39, 0.29) is 18.6 Å². The Morgan fingerprint density at radius 2 is 1.97 bits per heavy atom. The van der Waals surface area contributed by atoms with E-state index < -0.39 is 0 Å². The van der Waals surface area contributed by atoms with Crippen LogP contribution in [-0.4, -0.2) is 58.2 Å². The Hall–Kier alpha value is -2.67. The molecule has 0 saturated carbocycles. The van der Waals surface area contributed by atoms with Gasteiger partial charge < -0.3 is 14.9 Å². The van der Waals surface area contributed by atoms with Gasteiger partial charge in [-0.25, -0.2) is 9.97 Å². The minimum absolute atomic E-state index is 0.000272. The van der Waals surface area contributed by atoms with E-state index in [0.29, 0.717) is 36.1 Å². The number of halogens is 2. The molecule has 1 atom stereocenters. The number of fused-ring (bicyclic) bond motifs is 1. The van der Waals surface area contributed by atoms with Crippen molar-refractivity contribution in [3.05, 3.63) is 65.4 Å². The van der Waals surface area contributed by atoms with Crippen molar-refractivity contribution < 1.29 is 9.90 Å². The predicted molar refractivity (Wildman–Crippen MR) is 125 cm³/mol. The number of hydrogen-bond donors (Lipinski definition) is 1. The number of rotatable bonds is 5. The first kappa shape index (κ1) is 21.6. The summed E-state index contributed by atoms with van der Waals surface area (Å²) < 4.78 is 0. The maximum absolute atomic E-state index is 12.2. The van der Waals surface area contributed by atoms with Crippen molar-refractivity contribution in [2.75, 3.05) is 31.1 Å². The number of benzene rings is 2. The van der Waals surface area contributed by atoms with Crippen LogP contribution in [0.4, 0.5) is 5.82 Å². The summed E-state index contributed by atoms with van der Waals surface area (Å²) in [5.74, 6) is 0.660. The van der Waals surface area contributed by atoms with Crippen LogP contribution >= 0.6 is 23.2 Å². The number of aliphatic hydroxyl groups is 1. The molecular weight excluding hydrogens is 435 g/mol. The molecule has 1 aliphatic rings. The van der Waals surface area contributed by atoms with Crippen LogP contribution in [0.2, 0.25) is 10.0 Å². The van der Waals surface area contributed by atoms with Crippen LogP contribution in [0, 0.1) is 0 Å². The quantitative estimate of drug-likeness (QED) is 0.582. The fourth-order valence-corrected chi connectivity index (χ4v) is 4.41. The Labute approximate surface area is 190 Å². The molecule has 1 aromatic heterocycles. The average Bonchev–Trinajstić information content (AvgIpc) is 2.78. The Morgan fingerprint density at radius 3 is 2.68 bits per heavy atom. The second-order valence-electron chi connectivity index (χ2n) is 7.40. The standard InChI is InChI=1S/C23H22Cl2N4O2/c1-2-22(31)29-9-8-28(13-17(29)7-10-30)23-19-11-18(15-3-5-16(24)6-4-15)20(25)12-21(19)26-14-27-23/h2-6,11-12,14,17,30H,1,7-10,13H2. The van der Waals surface area contributed by atoms with Crippen molar-refractivity contribution in [1.82, 2.24) is 14.9 Å². The summed E-state index contributed by atoms with van der Waals surface area (Å²) in [6, 6.07) is 11.2. The molecule has 1 aliphatic heterocycles. The highest BCUT2D eigenvalue weighted by Crippen LogP contribution is 2.35. The van der Waals surface area contributed by atoms with Crippen molar-refractivity contribution in [3.8, 4) is 11.1 Å². The number of piperazine rings is 1. The molecule has 0 bridgehead atoms. The first-order valence-electron chi connectivity index (χ1n) is 10.0. The van der Waals surface area contributed by atoms with Crippen LogP contribution in [0.15, 0.2) is 55.4 Å². The van der Waals surface area contributed by atoms with Crippen LogP contribution in [-0.2, 0) is 4.79 Å². The number of nitrogens with zero attached hydrogens (tertiary/aromatic N) is 4. The summed E-state index contributed by atoms with van der Waals surface area (Å²) in [7, 11) is 0. The van der Waals surface area contributed by atoms with Gasteiger partial charge in [0.25, 0.3) is 0 Å². The summed E-state index contributed by atoms with van der Waals surface area (Å²) in [5.41, 5.74) is 2.57. The number of hydrogen-bond acceptors (Lipinski definition) is 5. The van der Waals surface area contributed by atoms with Crippen molar-refractivity contribution in [1.29, 1.82) is 0 Å². The lowest BCUT2D eigenvalue weighted by atomic mass is 10.0. The zero-order chi connectivity index (χ0) is 22.0. The Balaban J connectivity index is 1.74. The van der Waals surface area contributed by atoms with E-state index in [4.69, 9.17) is 23.2 Å². The molecule has 6 nitrogen and oxygen atoms in total. The predicted octanol–water partition coefficient (Wildman–Crippen LogP) is 4.19. The summed E-state index contributed by atoms with van der Waals surface area (Å²) in [6.07, 6.45) is 3.33. The molecule has 0 aliphatic carbocycles. The first-order valence-corrected chi connectivity index (χ1v) is 10.8. The third kappa shape index (κ3) is 4.37. The second-order valence-corrected chi connectivity index (χ2v) is 8.24. The summed E-state index contributed by atoms with van der Waals surface area (Å²) in [5, 5.41) is 11.6. The third-order valence-corrected chi connectivity index (χ3v) is 6.13. The van der Waals surface area contributed by atoms with Crippen molar-refractivity contribution in [2.45, 2.75) is 12.5 Å². The normalized spacial score (nSPS) is 16.5. The van der Waals surface area contributed by atoms with E-state index in [2.05, 4.69) is 21.4 Å². The molecule has 1 unspecified atom stereocenters. The van der Waals surface area contributed by atoms with Crippen molar-refractivity contribution in [2.24, 2.45) is 0 Å². The van der Waals surface area contributed by atoms with Crippen LogP contribution < -0.4 is 4.90 Å². The lowest BCUT2D eigenvalue weighted by molar-refractivity contribution is -0.128. The van der Waals surface area contributed by atoms with E-state index >= 15 is 0 Å².